The minimum absolute atomic E-state index is 0.154. The van der Waals surface area contributed by atoms with E-state index < -0.39 is 0 Å². The van der Waals surface area contributed by atoms with Crippen LogP contribution in [0.1, 0.15) is 68.6 Å². The second-order valence-corrected chi connectivity index (χ2v) is 8.33. The molecule has 0 radical (unpaired) electrons. The van der Waals surface area contributed by atoms with Gasteiger partial charge in [0, 0.05) is 29.4 Å². The Hall–Kier alpha value is -0.450. The highest BCUT2D eigenvalue weighted by Gasteiger charge is 2.22. The van der Waals surface area contributed by atoms with Gasteiger partial charge in [0.15, 0.2) is 0 Å². The molecule has 1 aliphatic heterocycles. The molecule has 1 fully saturated rings. The van der Waals surface area contributed by atoms with Gasteiger partial charge in [-0.05, 0) is 39.8 Å². The van der Waals surface area contributed by atoms with Crippen LogP contribution in [0.4, 0.5) is 0 Å². The molecule has 3 nitrogen and oxygen atoms in total. The van der Waals surface area contributed by atoms with Gasteiger partial charge < -0.3 is 10.2 Å². The standard InChI is InChI=1S/C17H31N3S/c1-13(18-9-12-20-10-7-6-8-11-20)15-14(2)19-16(21-15)17(3,4)5/h13,18H,6-12H2,1-5H3. The molecular weight excluding hydrogens is 278 g/mol. The van der Waals surface area contributed by atoms with E-state index in [1.54, 1.807) is 0 Å². The van der Waals surface area contributed by atoms with Crippen LogP contribution in [0.3, 0.4) is 0 Å². The van der Waals surface area contributed by atoms with Crippen molar-refractivity contribution in [3.8, 4) is 0 Å². The molecule has 1 atom stereocenters. The van der Waals surface area contributed by atoms with Crippen LogP contribution in [-0.4, -0.2) is 36.1 Å². The van der Waals surface area contributed by atoms with Gasteiger partial charge in [0.25, 0.3) is 0 Å². The number of nitrogens with one attached hydrogen (secondary N) is 1. The van der Waals surface area contributed by atoms with Gasteiger partial charge in [-0.25, -0.2) is 4.98 Å². The molecule has 1 unspecified atom stereocenters. The van der Waals surface area contributed by atoms with Crippen LogP contribution in [0.2, 0.25) is 0 Å². The summed E-state index contributed by atoms with van der Waals surface area (Å²) < 4.78 is 0. The Morgan fingerprint density at radius 1 is 1.24 bits per heavy atom. The molecule has 0 aliphatic carbocycles. The summed E-state index contributed by atoms with van der Waals surface area (Å²) in [5.74, 6) is 0. The fourth-order valence-electron chi connectivity index (χ4n) is 2.85. The SMILES string of the molecule is Cc1nc(C(C)(C)C)sc1C(C)NCCN1CCCCC1. The second-order valence-electron chi connectivity index (χ2n) is 7.30. The van der Waals surface area contributed by atoms with Gasteiger partial charge in [-0.3, -0.25) is 0 Å². The maximum absolute atomic E-state index is 4.77. The van der Waals surface area contributed by atoms with E-state index in [0.717, 1.165) is 6.54 Å². The molecule has 1 aliphatic rings. The zero-order valence-corrected chi connectivity index (χ0v) is 15.1. The van der Waals surface area contributed by atoms with Crippen molar-refractivity contribution in [1.82, 2.24) is 15.2 Å². The number of nitrogens with zero attached hydrogens (tertiary/aromatic N) is 2. The first-order valence-corrected chi connectivity index (χ1v) is 9.13. The number of aromatic nitrogens is 1. The van der Waals surface area contributed by atoms with Gasteiger partial charge in [-0.1, -0.05) is 27.2 Å². The zero-order chi connectivity index (χ0) is 15.5. The van der Waals surface area contributed by atoms with Crippen molar-refractivity contribution in [1.29, 1.82) is 0 Å². The molecule has 2 heterocycles. The first-order valence-electron chi connectivity index (χ1n) is 8.31. The maximum atomic E-state index is 4.77. The lowest BCUT2D eigenvalue weighted by Gasteiger charge is -2.27. The van der Waals surface area contributed by atoms with E-state index >= 15 is 0 Å². The molecule has 1 aromatic heterocycles. The van der Waals surface area contributed by atoms with E-state index in [4.69, 9.17) is 4.98 Å². The molecule has 1 aromatic rings. The van der Waals surface area contributed by atoms with Crippen molar-refractivity contribution in [3.05, 3.63) is 15.6 Å². The van der Waals surface area contributed by atoms with Gasteiger partial charge in [0.1, 0.15) is 0 Å². The second kappa shape index (κ2) is 7.21. The van der Waals surface area contributed by atoms with Gasteiger partial charge in [0.2, 0.25) is 0 Å². The van der Waals surface area contributed by atoms with Crippen molar-refractivity contribution in [3.63, 3.8) is 0 Å². The van der Waals surface area contributed by atoms with Crippen LogP contribution in [0.25, 0.3) is 0 Å². The Bertz CT molecular complexity index is 441. The van der Waals surface area contributed by atoms with Crippen LogP contribution in [0, 0.1) is 6.92 Å². The smallest absolute Gasteiger partial charge is 0.0985 e. The van der Waals surface area contributed by atoms with Gasteiger partial charge in [0.05, 0.1) is 10.7 Å². The topological polar surface area (TPSA) is 28.2 Å². The molecule has 120 valence electrons. The summed E-state index contributed by atoms with van der Waals surface area (Å²) in [6.45, 7) is 15.9. The summed E-state index contributed by atoms with van der Waals surface area (Å²) in [5.41, 5.74) is 1.35. The Kier molecular flexibility index (Phi) is 5.81. The molecule has 21 heavy (non-hydrogen) atoms. The Morgan fingerprint density at radius 3 is 2.48 bits per heavy atom. The monoisotopic (exact) mass is 309 g/mol. The van der Waals surface area contributed by atoms with Crippen molar-refractivity contribution in [2.24, 2.45) is 0 Å². The van der Waals surface area contributed by atoms with E-state index in [2.05, 4.69) is 44.8 Å². The number of hydrogen-bond acceptors (Lipinski definition) is 4. The molecular formula is C17H31N3S. The summed E-state index contributed by atoms with van der Waals surface area (Å²) in [6.07, 6.45) is 4.16. The van der Waals surface area contributed by atoms with Gasteiger partial charge in [-0.2, -0.15) is 0 Å². The first kappa shape index (κ1) is 16.9. The highest BCUT2D eigenvalue weighted by molar-refractivity contribution is 7.12. The highest BCUT2D eigenvalue weighted by atomic mass is 32.1. The molecule has 1 saturated heterocycles. The predicted octanol–water partition coefficient (Wildman–Crippen LogP) is 3.89. The number of rotatable bonds is 5. The minimum atomic E-state index is 0.154. The van der Waals surface area contributed by atoms with Crippen molar-refractivity contribution < 1.29 is 0 Å². The molecule has 0 spiro atoms. The van der Waals surface area contributed by atoms with Crippen molar-refractivity contribution in [2.75, 3.05) is 26.2 Å². The third-order valence-corrected chi connectivity index (χ3v) is 5.96. The summed E-state index contributed by atoms with van der Waals surface area (Å²) in [6, 6.07) is 0.406. The molecule has 2 rings (SSSR count). The van der Waals surface area contributed by atoms with E-state index in [9.17, 15) is 0 Å². The summed E-state index contributed by atoms with van der Waals surface area (Å²) in [4.78, 5) is 8.76. The van der Waals surface area contributed by atoms with E-state index in [-0.39, 0.29) is 5.41 Å². The lowest BCUT2D eigenvalue weighted by Crippen LogP contribution is -2.36. The lowest BCUT2D eigenvalue weighted by molar-refractivity contribution is 0.227. The molecule has 1 N–H and O–H groups in total. The fraction of sp³-hybridized carbons (Fsp3) is 0.824. The number of aryl methyl sites for hydroxylation is 1. The van der Waals surface area contributed by atoms with Crippen molar-refractivity contribution in [2.45, 2.75) is 65.3 Å². The van der Waals surface area contributed by atoms with Crippen LogP contribution in [0.5, 0.6) is 0 Å². The zero-order valence-electron chi connectivity index (χ0n) is 14.3. The highest BCUT2D eigenvalue weighted by Crippen LogP contribution is 2.32. The van der Waals surface area contributed by atoms with Gasteiger partial charge >= 0.3 is 0 Å². The van der Waals surface area contributed by atoms with Crippen LogP contribution in [-0.2, 0) is 5.41 Å². The largest absolute Gasteiger partial charge is 0.308 e. The molecule has 0 bridgehead atoms. The first-order chi connectivity index (χ1) is 9.88. The van der Waals surface area contributed by atoms with Gasteiger partial charge in [-0.15, -0.1) is 11.3 Å². The molecule has 0 saturated carbocycles. The number of likely N-dealkylation sites (tertiary alicyclic amines) is 1. The van der Waals surface area contributed by atoms with E-state index in [1.807, 2.05) is 11.3 Å². The third-order valence-electron chi connectivity index (χ3n) is 4.19. The van der Waals surface area contributed by atoms with E-state index in [1.165, 1.54) is 54.5 Å². The lowest BCUT2D eigenvalue weighted by atomic mass is 9.98. The Balaban J connectivity index is 1.85. The minimum Gasteiger partial charge on any atom is -0.308 e. The fourth-order valence-corrected chi connectivity index (χ4v) is 4.00. The van der Waals surface area contributed by atoms with Crippen LogP contribution >= 0.6 is 11.3 Å². The van der Waals surface area contributed by atoms with E-state index in [0.29, 0.717) is 6.04 Å². The normalized spacial score (nSPS) is 18.9. The summed E-state index contributed by atoms with van der Waals surface area (Å²) >= 11 is 1.87. The van der Waals surface area contributed by atoms with Crippen LogP contribution in [0.15, 0.2) is 0 Å². The molecule has 4 heteroatoms. The van der Waals surface area contributed by atoms with Crippen LogP contribution < -0.4 is 5.32 Å². The third kappa shape index (κ3) is 4.76. The number of thiazole rings is 1. The average Bonchev–Trinajstić information content (AvgIpc) is 2.82. The summed E-state index contributed by atoms with van der Waals surface area (Å²) in [7, 11) is 0. The predicted molar refractivity (Wildman–Crippen MR) is 92.3 cm³/mol. The quantitative estimate of drug-likeness (QED) is 0.894. The number of piperidine rings is 1. The summed E-state index contributed by atoms with van der Waals surface area (Å²) in [5, 5.41) is 4.93. The Morgan fingerprint density at radius 2 is 1.90 bits per heavy atom. The number of hydrogen-bond donors (Lipinski definition) is 1. The average molecular weight is 310 g/mol. The molecule has 0 amide bonds. The van der Waals surface area contributed by atoms with Crippen molar-refractivity contribution >= 4 is 11.3 Å². The molecule has 0 aromatic carbocycles. The maximum Gasteiger partial charge on any atom is 0.0985 e. The Labute approximate surface area is 134 Å².